The molecule has 0 aliphatic heterocycles. The van der Waals surface area contributed by atoms with Crippen molar-refractivity contribution in [2.75, 3.05) is 11.5 Å². The summed E-state index contributed by atoms with van der Waals surface area (Å²) in [6, 6.07) is 9.85. The van der Waals surface area contributed by atoms with Gasteiger partial charge in [0.05, 0.1) is 32.3 Å². The quantitative estimate of drug-likeness (QED) is 0.578. The van der Waals surface area contributed by atoms with E-state index in [1.807, 2.05) is 30.3 Å². The number of benzene rings is 1. The molecule has 18 heavy (non-hydrogen) atoms. The van der Waals surface area contributed by atoms with Gasteiger partial charge in [-0.1, -0.05) is 34.7 Å². The second-order valence-electron chi connectivity index (χ2n) is 3.86. The summed E-state index contributed by atoms with van der Waals surface area (Å²) in [6.45, 7) is 0.586. The zero-order valence-electron chi connectivity index (χ0n) is 10.1. The highest BCUT2D eigenvalue weighted by atomic mass is 127. The van der Waals surface area contributed by atoms with E-state index in [0.29, 0.717) is 6.61 Å². The summed E-state index contributed by atoms with van der Waals surface area (Å²) in [7, 11) is 1.66. The molecule has 1 atom stereocenters. The lowest BCUT2D eigenvalue weighted by Gasteiger charge is -2.13. The molecule has 0 amide bonds. The number of alkyl halides is 1. The lowest BCUT2D eigenvalue weighted by molar-refractivity contribution is 0.0573. The summed E-state index contributed by atoms with van der Waals surface area (Å²) in [4.78, 5) is 0. The van der Waals surface area contributed by atoms with Crippen LogP contribution in [0.25, 0.3) is 0 Å². The van der Waals surface area contributed by atoms with Crippen molar-refractivity contribution in [3.05, 3.63) is 54.0 Å². The van der Waals surface area contributed by atoms with Crippen LogP contribution >= 0.6 is 22.6 Å². The molecule has 0 aliphatic rings. The topological polar surface area (TPSA) is 31.6 Å². The van der Waals surface area contributed by atoms with Crippen molar-refractivity contribution in [2.24, 2.45) is 0 Å². The first-order chi connectivity index (χ1) is 8.83. The highest BCUT2D eigenvalue weighted by molar-refractivity contribution is 14.1. The fraction of sp³-hybridized carbons (Fsp3) is 0.286. The maximum absolute atomic E-state index is 5.89. The van der Waals surface area contributed by atoms with Crippen LogP contribution in [0.4, 0.5) is 0 Å². The molecule has 2 aromatic rings. The molecular weight excluding hydrogens is 343 g/mol. The minimum atomic E-state index is 0.0754. The first-order valence-corrected chi connectivity index (χ1v) is 7.18. The van der Waals surface area contributed by atoms with E-state index in [1.165, 1.54) is 0 Å². The molecular formula is C14H15IO3. The zero-order valence-corrected chi connectivity index (χ0v) is 12.3. The van der Waals surface area contributed by atoms with Gasteiger partial charge in [0.1, 0.15) is 5.75 Å². The van der Waals surface area contributed by atoms with Crippen molar-refractivity contribution in [3.8, 4) is 5.75 Å². The predicted octanol–water partition coefficient (Wildman–Crippen LogP) is 3.98. The molecule has 0 fully saturated rings. The summed E-state index contributed by atoms with van der Waals surface area (Å²) < 4.78 is 17.0. The number of hydrogen-bond donors (Lipinski definition) is 0. The average molecular weight is 358 g/mol. The number of hydrogen-bond acceptors (Lipinski definition) is 3. The van der Waals surface area contributed by atoms with Gasteiger partial charge < -0.3 is 13.9 Å². The number of ether oxygens (including phenoxy) is 2. The van der Waals surface area contributed by atoms with E-state index in [0.717, 1.165) is 21.3 Å². The van der Waals surface area contributed by atoms with Gasteiger partial charge in [0, 0.05) is 9.99 Å². The highest BCUT2D eigenvalue weighted by Crippen LogP contribution is 2.22. The molecule has 96 valence electrons. The third kappa shape index (κ3) is 3.49. The van der Waals surface area contributed by atoms with Crippen molar-refractivity contribution >= 4 is 22.6 Å². The van der Waals surface area contributed by atoms with Gasteiger partial charge >= 0.3 is 0 Å². The fourth-order valence-corrected chi connectivity index (χ4v) is 2.37. The van der Waals surface area contributed by atoms with Crippen LogP contribution in [0.2, 0.25) is 0 Å². The van der Waals surface area contributed by atoms with Gasteiger partial charge in [0.2, 0.25) is 0 Å². The van der Waals surface area contributed by atoms with Gasteiger partial charge in [0.15, 0.2) is 0 Å². The van der Waals surface area contributed by atoms with E-state index in [-0.39, 0.29) is 6.10 Å². The molecule has 2 rings (SSSR count). The van der Waals surface area contributed by atoms with Crippen LogP contribution in [0, 0.1) is 0 Å². The minimum Gasteiger partial charge on any atom is -0.497 e. The van der Waals surface area contributed by atoms with Crippen LogP contribution in [-0.2, 0) is 11.3 Å². The monoisotopic (exact) mass is 358 g/mol. The Morgan fingerprint density at radius 1 is 1.22 bits per heavy atom. The van der Waals surface area contributed by atoms with E-state index in [9.17, 15) is 0 Å². The Kier molecular flexibility index (Phi) is 5.07. The first kappa shape index (κ1) is 13.4. The molecule has 1 heterocycles. The SMILES string of the molecule is COc1ccc(CO[C@@H](CI)c2ccoc2)cc1. The van der Waals surface area contributed by atoms with Gasteiger partial charge in [0.25, 0.3) is 0 Å². The summed E-state index contributed by atoms with van der Waals surface area (Å²) in [5.74, 6) is 0.860. The van der Waals surface area contributed by atoms with Crippen LogP contribution < -0.4 is 4.74 Å². The molecule has 1 aromatic heterocycles. The van der Waals surface area contributed by atoms with E-state index in [1.54, 1.807) is 19.6 Å². The summed E-state index contributed by atoms with van der Waals surface area (Å²) in [5, 5.41) is 0. The Hall–Kier alpha value is -1.01. The molecule has 0 N–H and O–H groups in total. The maximum Gasteiger partial charge on any atom is 0.118 e. The molecule has 1 aromatic carbocycles. The Bertz CT molecular complexity index is 450. The molecule has 0 unspecified atom stereocenters. The third-order valence-corrected chi connectivity index (χ3v) is 3.47. The van der Waals surface area contributed by atoms with Gasteiger partial charge in [-0.15, -0.1) is 0 Å². The van der Waals surface area contributed by atoms with E-state index < -0.39 is 0 Å². The van der Waals surface area contributed by atoms with E-state index in [4.69, 9.17) is 13.9 Å². The van der Waals surface area contributed by atoms with Crippen molar-refractivity contribution in [3.63, 3.8) is 0 Å². The highest BCUT2D eigenvalue weighted by Gasteiger charge is 2.11. The molecule has 0 aliphatic carbocycles. The van der Waals surface area contributed by atoms with Gasteiger partial charge in [-0.05, 0) is 23.8 Å². The molecule has 0 radical (unpaired) electrons. The number of rotatable bonds is 6. The van der Waals surface area contributed by atoms with Crippen molar-refractivity contribution in [1.82, 2.24) is 0 Å². The first-order valence-electron chi connectivity index (χ1n) is 5.66. The van der Waals surface area contributed by atoms with Crippen molar-refractivity contribution in [2.45, 2.75) is 12.7 Å². The number of methoxy groups -OCH3 is 1. The molecule has 0 saturated carbocycles. The second-order valence-corrected chi connectivity index (χ2v) is 4.74. The minimum absolute atomic E-state index is 0.0754. The van der Waals surface area contributed by atoms with Crippen LogP contribution in [0.15, 0.2) is 47.3 Å². The number of halogens is 1. The van der Waals surface area contributed by atoms with Gasteiger partial charge in [-0.2, -0.15) is 0 Å². The largest absolute Gasteiger partial charge is 0.497 e. The predicted molar refractivity (Wildman–Crippen MR) is 78.1 cm³/mol. The van der Waals surface area contributed by atoms with Crippen LogP contribution in [0.5, 0.6) is 5.75 Å². The molecule has 4 heteroatoms. The Labute approximate surface area is 120 Å². The van der Waals surface area contributed by atoms with Crippen LogP contribution in [-0.4, -0.2) is 11.5 Å². The zero-order chi connectivity index (χ0) is 12.8. The molecule has 3 nitrogen and oxygen atoms in total. The standard InChI is InChI=1S/C14H15IO3/c1-16-13-4-2-11(3-5-13)9-18-14(8-15)12-6-7-17-10-12/h2-7,10,14H,8-9H2,1H3/t14-/m0/s1. The fourth-order valence-electron chi connectivity index (χ4n) is 1.61. The van der Waals surface area contributed by atoms with Gasteiger partial charge in [-0.3, -0.25) is 0 Å². The van der Waals surface area contributed by atoms with Crippen LogP contribution in [0.3, 0.4) is 0 Å². The Balaban J connectivity index is 1.93. The summed E-state index contributed by atoms with van der Waals surface area (Å²) in [6.07, 6.45) is 3.48. The molecule has 0 bridgehead atoms. The van der Waals surface area contributed by atoms with E-state index >= 15 is 0 Å². The van der Waals surface area contributed by atoms with Crippen molar-refractivity contribution in [1.29, 1.82) is 0 Å². The lowest BCUT2D eigenvalue weighted by Crippen LogP contribution is -2.04. The third-order valence-electron chi connectivity index (χ3n) is 2.67. The average Bonchev–Trinajstić information content (AvgIpc) is 2.94. The second kappa shape index (κ2) is 6.80. The van der Waals surface area contributed by atoms with Crippen molar-refractivity contribution < 1.29 is 13.9 Å². The maximum atomic E-state index is 5.89. The number of furan rings is 1. The lowest BCUT2D eigenvalue weighted by atomic mass is 10.2. The summed E-state index contributed by atoms with van der Waals surface area (Å²) >= 11 is 2.32. The Morgan fingerprint density at radius 3 is 2.56 bits per heavy atom. The summed E-state index contributed by atoms with van der Waals surface area (Å²) in [5.41, 5.74) is 2.21. The Morgan fingerprint density at radius 2 is 2.00 bits per heavy atom. The molecule has 0 saturated heterocycles. The molecule has 0 spiro atoms. The normalized spacial score (nSPS) is 12.3. The smallest absolute Gasteiger partial charge is 0.118 e. The van der Waals surface area contributed by atoms with Gasteiger partial charge in [-0.25, -0.2) is 0 Å². The van der Waals surface area contributed by atoms with Crippen LogP contribution in [0.1, 0.15) is 17.2 Å². The van der Waals surface area contributed by atoms with E-state index in [2.05, 4.69) is 22.6 Å².